The van der Waals surface area contributed by atoms with Crippen molar-refractivity contribution in [3.8, 4) is 0 Å². The average molecular weight is 262 g/mol. The summed E-state index contributed by atoms with van der Waals surface area (Å²) in [6.45, 7) is 0. The highest BCUT2D eigenvalue weighted by Crippen LogP contribution is 2.31. The van der Waals surface area contributed by atoms with Gasteiger partial charge in [-0.1, -0.05) is 12.1 Å². The van der Waals surface area contributed by atoms with E-state index < -0.39 is 23.8 Å². The molecule has 1 atom stereocenters. The molecule has 0 heterocycles. The van der Waals surface area contributed by atoms with Gasteiger partial charge in [0.25, 0.3) is 0 Å². The fourth-order valence-corrected chi connectivity index (χ4v) is 1.45. The Morgan fingerprint density at radius 1 is 1.44 bits per heavy atom. The van der Waals surface area contributed by atoms with E-state index in [4.69, 9.17) is 0 Å². The predicted octanol–water partition coefficient (Wildman–Crippen LogP) is 2.69. The molecule has 0 aliphatic rings. The first-order valence-corrected chi connectivity index (χ1v) is 5.26. The van der Waals surface area contributed by atoms with E-state index in [1.54, 1.807) is 0 Å². The number of alkyl halides is 3. The van der Waals surface area contributed by atoms with Gasteiger partial charge in [-0.2, -0.15) is 13.2 Å². The van der Waals surface area contributed by atoms with Gasteiger partial charge in [-0.05, 0) is 24.1 Å². The molecule has 1 aromatic rings. The summed E-state index contributed by atoms with van der Waals surface area (Å²) in [4.78, 5) is 10.9. The van der Waals surface area contributed by atoms with Crippen LogP contribution in [0.5, 0.6) is 0 Å². The van der Waals surface area contributed by atoms with Crippen LogP contribution in [0.1, 0.15) is 30.1 Å². The van der Waals surface area contributed by atoms with Gasteiger partial charge < -0.3 is 9.84 Å². The maximum Gasteiger partial charge on any atom is 0.416 e. The number of rotatable bonds is 4. The maximum absolute atomic E-state index is 12.4. The van der Waals surface area contributed by atoms with Crippen LogP contribution in [-0.4, -0.2) is 18.2 Å². The van der Waals surface area contributed by atoms with Crippen LogP contribution in [0.25, 0.3) is 0 Å². The van der Waals surface area contributed by atoms with E-state index in [1.807, 2.05) is 0 Å². The van der Waals surface area contributed by atoms with Crippen molar-refractivity contribution in [3.05, 3.63) is 35.4 Å². The molecule has 100 valence electrons. The summed E-state index contributed by atoms with van der Waals surface area (Å²) in [7, 11) is 1.21. The van der Waals surface area contributed by atoms with E-state index in [9.17, 15) is 23.1 Å². The molecule has 0 aromatic heterocycles. The maximum atomic E-state index is 12.4. The number of esters is 1. The van der Waals surface area contributed by atoms with E-state index >= 15 is 0 Å². The molecule has 1 unspecified atom stereocenters. The van der Waals surface area contributed by atoms with E-state index in [0.29, 0.717) is 0 Å². The van der Waals surface area contributed by atoms with Crippen molar-refractivity contribution in [2.45, 2.75) is 25.1 Å². The van der Waals surface area contributed by atoms with E-state index in [2.05, 4.69) is 4.74 Å². The van der Waals surface area contributed by atoms with Crippen molar-refractivity contribution in [3.63, 3.8) is 0 Å². The summed E-state index contributed by atoms with van der Waals surface area (Å²) in [5.74, 6) is -0.513. The Balaban J connectivity index is 2.74. The monoisotopic (exact) mass is 262 g/mol. The van der Waals surface area contributed by atoms with Gasteiger partial charge in [-0.3, -0.25) is 4.79 Å². The van der Waals surface area contributed by atoms with Gasteiger partial charge in [0, 0.05) is 6.42 Å². The third-order valence-corrected chi connectivity index (χ3v) is 2.45. The van der Waals surface area contributed by atoms with Crippen LogP contribution in [0.2, 0.25) is 0 Å². The van der Waals surface area contributed by atoms with Gasteiger partial charge in [0.2, 0.25) is 0 Å². The van der Waals surface area contributed by atoms with Crippen LogP contribution in [0.4, 0.5) is 13.2 Å². The largest absolute Gasteiger partial charge is 0.469 e. The Morgan fingerprint density at radius 2 is 2.11 bits per heavy atom. The second kappa shape index (κ2) is 5.86. The van der Waals surface area contributed by atoms with Crippen molar-refractivity contribution in [1.29, 1.82) is 0 Å². The molecule has 0 fully saturated rings. The highest BCUT2D eigenvalue weighted by molar-refractivity contribution is 5.69. The summed E-state index contributed by atoms with van der Waals surface area (Å²) in [5, 5.41) is 9.68. The summed E-state index contributed by atoms with van der Waals surface area (Å²) < 4.78 is 41.7. The summed E-state index contributed by atoms with van der Waals surface area (Å²) >= 11 is 0. The van der Waals surface area contributed by atoms with Crippen LogP contribution < -0.4 is 0 Å². The second-order valence-electron chi connectivity index (χ2n) is 3.75. The Labute approximate surface area is 102 Å². The first-order valence-electron chi connectivity index (χ1n) is 5.26. The standard InChI is InChI=1S/C12H13F3O3/c1-18-11(17)6-5-10(16)8-3-2-4-9(7-8)12(13,14)15/h2-4,7,10,16H,5-6H2,1H3. The Kier molecular flexibility index (Phi) is 4.72. The van der Waals surface area contributed by atoms with E-state index in [0.717, 1.165) is 12.1 Å². The predicted molar refractivity (Wildman–Crippen MR) is 57.7 cm³/mol. The zero-order valence-corrected chi connectivity index (χ0v) is 9.70. The number of hydrogen-bond acceptors (Lipinski definition) is 3. The minimum absolute atomic E-state index is 0.0218. The number of aliphatic hydroxyl groups excluding tert-OH is 1. The molecule has 0 radical (unpaired) electrons. The molecule has 1 rings (SSSR count). The second-order valence-corrected chi connectivity index (χ2v) is 3.75. The Morgan fingerprint density at radius 3 is 2.67 bits per heavy atom. The van der Waals surface area contributed by atoms with Crippen molar-refractivity contribution in [2.75, 3.05) is 7.11 Å². The first kappa shape index (κ1) is 14.5. The number of aliphatic hydroxyl groups is 1. The van der Waals surface area contributed by atoms with Crippen molar-refractivity contribution in [2.24, 2.45) is 0 Å². The molecule has 0 saturated heterocycles. The summed E-state index contributed by atoms with van der Waals surface area (Å²) in [6.07, 6.45) is -5.59. The minimum atomic E-state index is -4.45. The molecule has 0 spiro atoms. The minimum Gasteiger partial charge on any atom is -0.469 e. The summed E-state index contributed by atoms with van der Waals surface area (Å²) in [6, 6.07) is 4.41. The molecule has 0 aliphatic heterocycles. The topological polar surface area (TPSA) is 46.5 Å². The smallest absolute Gasteiger partial charge is 0.416 e. The fourth-order valence-electron chi connectivity index (χ4n) is 1.45. The molecule has 0 amide bonds. The zero-order valence-electron chi connectivity index (χ0n) is 9.70. The van der Waals surface area contributed by atoms with Gasteiger partial charge in [0.1, 0.15) is 0 Å². The van der Waals surface area contributed by atoms with Gasteiger partial charge in [-0.25, -0.2) is 0 Å². The number of carbonyl (C=O) groups is 1. The van der Waals surface area contributed by atoms with Crippen molar-refractivity contribution in [1.82, 2.24) is 0 Å². The number of ether oxygens (including phenoxy) is 1. The number of carbonyl (C=O) groups excluding carboxylic acids is 1. The molecular formula is C12H13F3O3. The highest BCUT2D eigenvalue weighted by atomic mass is 19.4. The van der Waals surface area contributed by atoms with Gasteiger partial charge >= 0.3 is 12.1 Å². The molecule has 1 aromatic carbocycles. The number of methoxy groups -OCH3 is 1. The van der Waals surface area contributed by atoms with E-state index in [1.165, 1.54) is 19.2 Å². The Bertz CT molecular complexity index is 415. The molecule has 6 heteroatoms. The molecule has 18 heavy (non-hydrogen) atoms. The quantitative estimate of drug-likeness (QED) is 0.848. The number of benzene rings is 1. The number of hydrogen-bond donors (Lipinski definition) is 1. The van der Waals surface area contributed by atoms with Crippen LogP contribution >= 0.6 is 0 Å². The molecular weight excluding hydrogens is 249 g/mol. The molecule has 0 aliphatic carbocycles. The van der Waals surface area contributed by atoms with Gasteiger partial charge in [0.15, 0.2) is 0 Å². The van der Waals surface area contributed by atoms with Crippen molar-refractivity contribution >= 4 is 5.97 Å². The lowest BCUT2D eigenvalue weighted by Crippen LogP contribution is -2.08. The molecule has 1 N–H and O–H groups in total. The summed E-state index contributed by atoms with van der Waals surface area (Å²) in [5.41, 5.74) is -0.689. The molecule has 3 nitrogen and oxygen atoms in total. The van der Waals surface area contributed by atoms with Crippen LogP contribution in [-0.2, 0) is 15.7 Å². The number of halogens is 3. The van der Waals surface area contributed by atoms with Crippen LogP contribution in [0.3, 0.4) is 0 Å². The fraction of sp³-hybridized carbons (Fsp3) is 0.417. The SMILES string of the molecule is COC(=O)CCC(O)c1cccc(C(F)(F)F)c1. The van der Waals surface area contributed by atoms with Crippen molar-refractivity contribution < 1.29 is 27.8 Å². The normalized spacial score (nSPS) is 13.2. The zero-order chi connectivity index (χ0) is 13.8. The average Bonchev–Trinajstić information content (AvgIpc) is 2.34. The first-order chi connectivity index (χ1) is 8.34. The lowest BCUT2D eigenvalue weighted by atomic mass is 10.0. The molecule has 0 saturated carbocycles. The van der Waals surface area contributed by atoms with Gasteiger partial charge in [0.05, 0.1) is 18.8 Å². The third-order valence-electron chi connectivity index (χ3n) is 2.45. The Hall–Kier alpha value is -1.56. The van der Waals surface area contributed by atoms with Crippen LogP contribution in [0, 0.1) is 0 Å². The lowest BCUT2D eigenvalue weighted by molar-refractivity contribution is -0.141. The van der Waals surface area contributed by atoms with E-state index in [-0.39, 0.29) is 18.4 Å². The lowest BCUT2D eigenvalue weighted by Gasteiger charge is -2.13. The highest BCUT2D eigenvalue weighted by Gasteiger charge is 2.30. The van der Waals surface area contributed by atoms with Crippen LogP contribution in [0.15, 0.2) is 24.3 Å². The third kappa shape index (κ3) is 4.03. The molecule has 0 bridgehead atoms. The van der Waals surface area contributed by atoms with Gasteiger partial charge in [-0.15, -0.1) is 0 Å².